The predicted octanol–water partition coefficient (Wildman–Crippen LogP) is 2.70. The highest BCUT2D eigenvalue weighted by Crippen LogP contribution is 2.39. The fraction of sp³-hybridized carbons (Fsp3) is 0.538. The molecule has 0 aliphatic heterocycles. The Labute approximate surface area is 112 Å². The maximum Gasteiger partial charge on any atom is 0.253 e. The molecule has 0 radical (unpaired) electrons. The summed E-state index contributed by atoms with van der Waals surface area (Å²) in [6, 6.07) is 1.64. The smallest absolute Gasteiger partial charge is 0.253 e. The van der Waals surface area contributed by atoms with E-state index in [-0.39, 0.29) is 11.4 Å². The van der Waals surface area contributed by atoms with Crippen molar-refractivity contribution in [1.29, 1.82) is 0 Å². The summed E-state index contributed by atoms with van der Waals surface area (Å²) in [5.74, 6) is 1.04. The highest BCUT2D eigenvalue weighted by Gasteiger charge is 2.38. The van der Waals surface area contributed by atoms with Crippen molar-refractivity contribution in [3.63, 3.8) is 0 Å². The second-order valence-corrected chi connectivity index (χ2v) is 5.66. The van der Waals surface area contributed by atoms with Crippen LogP contribution in [0.25, 0.3) is 0 Å². The average Bonchev–Trinajstić information content (AvgIpc) is 3.12. The average molecular weight is 268 g/mol. The van der Waals surface area contributed by atoms with Crippen LogP contribution >= 0.6 is 11.6 Å². The molecule has 1 fully saturated rings. The van der Waals surface area contributed by atoms with Crippen LogP contribution in [-0.4, -0.2) is 23.5 Å². The number of carbonyl (C=O) groups is 1. The number of anilines is 1. The molecular formula is C13H18ClN3O. The normalized spacial score (nSPS) is 15.3. The standard InChI is InChI=1S/C13H18ClN3O/c1-13(2,9-4-5-9)17-12(18)8-6-10(14)11(15-3)16-7-8/h6-7,9H,4-5H2,1-3H3,(H,15,16)(H,17,18). The molecule has 1 aromatic rings. The molecule has 18 heavy (non-hydrogen) atoms. The fourth-order valence-electron chi connectivity index (χ4n) is 2.02. The zero-order chi connectivity index (χ0) is 13.3. The van der Waals surface area contributed by atoms with E-state index in [0.717, 1.165) is 0 Å². The van der Waals surface area contributed by atoms with Crippen LogP contribution in [-0.2, 0) is 0 Å². The molecule has 5 heteroatoms. The van der Waals surface area contributed by atoms with Gasteiger partial charge in [0.05, 0.1) is 10.6 Å². The van der Waals surface area contributed by atoms with Gasteiger partial charge in [0.15, 0.2) is 0 Å². The lowest BCUT2D eigenvalue weighted by Crippen LogP contribution is -2.45. The van der Waals surface area contributed by atoms with Crippen molar-refractivity contribution in [1.82, 2.24) is 10.3 Å². The summed E-state index contributed by atoms with van der Waals surface area (Å²) >= 11 is 6.01. The SMILES string of the molecule is CNc1ncc(C(=O)NC(C)(C)C2CC2)cc1Cl. The Hall–Kier alpha value is -1.29. The van der Waals surface area contributed by atoms with Crippen molar-refractivity contribution in [2.45, 2.75) is 32.2 Å². The maximum absolute atomic E-state index is 12.1. The molecule has 0 saturated heterocycles. The number of pyridine rings is 1. The summed E-state index contributed by atoms with van der Waals surface area (Å²) in [5.41, 5.74) is 0.332. The molecule has 0 unspecified atom stereocenters. The third-order valence-electron chi connectivity index (χ3n) is 3.37. The van der Waals surface area contributed by atoms with Gasteiger partial charge < -0.3 is 10.6 Å². The highest BCUT2D eigenvalue weighted by atomic mass is 35.5. The summed E-state index contributed by atoms with van der Waals surface area (Å²) in [6.07, 6.45) is 3.91. The van der Waals surface area contributed by atoms with E-state index in [9.17, 15) is 4.79 Å². The first-order chi connectivity index (χ1) is 8.44. The minimum atomic E-state index is -0.161. The number of amides is 1. The lowest BCUT2D eigenvalue weighted by Gasteiger charge is -2.26. The van der Waals surface area contributed by atoms with Crippen LogP contribution in [0, 0.1) is 5.92 Å². The molecule has 1 amide bonds. The van der Waals surface area contributed by atoms with Crippen molar-refractivity contribution >= 4 is 23.3 Å². The van der Waals surface area contributed by atoms with Gasteiger partial charge in [0.25, 0.3) is 5.91 Å². The van der Waals surface area contributed by atoms with Gasteiger partial charge in [0.1, 0.15) is 5.82 Å². The largest absolute Gasteiger partial charge is 0.372 e. The number of halogens is 1. The van der Waals surface area contributed by atoms with Crippen molar-refractivity contribution in [3.05, 3.63) is 22.8 Å². The Balaban J connectivity index is 2.11. The second-order valence-electron chi connectivity index (χ2n) is 5.25. The molecule has 0 bridgehead atoms. The van der Waals surface area contributed by atoms with Crippen molar-refractivity contribution < 1.29 is 4.79 Å². The molecule has 0 aromatic carbocycles. The number of nitrogens with zero attached hydrogens (tertiary/aromatic N) is 1. The molecule has 0 spiro atoms. The van der Waals surface area contributed by atoms with E-state index in [4.69, 9.17) is 11.6 Å². The quantitative estimate of drug-likeness (QED) is 0.882. The van der Waals surface area contributed by atoms with E-state index in [1.807, 2.05) is 0 Å². The highest BCUT2D eigenvalue weighted by molar-refractivity contribution is 6.33. The summed E-state index contributed by atoms with van der Waals surface area (Å²) in [6.45, 7) is 4.11. The van der Waals surface area contributed by atoms with Crippen LogP contribution in [0.3, 0.4) is 0 Å². The first-order valence-corrected chi connectivity index (χ1v) is 6.47. The maximum atomic E-state index is 12.1. The molecular weight excluding hydrogens is 250 g/mol. The molecule has 2 N–H and O–H groups in total. The van der Waals surface area contributed by atoms with E-state index in [1.165, 1.54) is 19.0 Å². The van der Waals surface area contributed by atoms with Crippen LogP contribution in [0.15, 0.2) is 12.3 Å². The number of hydrogen-bond donors (Lipinski definition) is 2. The third kappa shape index (κ3) is 2.75. The Morgan fingerprint density at radius 1 is 1.50 bits per heavy atom. The van der Waals surface area contributed by atoms with Gasteiger partial charge in [-0.05, 0) is 38.7 Å². The summed E-state index contributed by atoms with van der Waals surface area (Å²) < 4.78 is 0. The van der Waals surface area contributed by atoms with Gasteiger partial charge >= 0.3 is 0 Å². The molecule has 4 nitrogen and oxygen atoms in total. The van der Waals surface area contributed by atoms with E-state index in [0.29, 0.717) is 22.3 Å². The Kier molecular flexibility index (Phi) is 3.48. The molecule has 1 saturated carbocycles. The van der Waals surface area contributed by atoms with Gasteiger partial charge in [-0.15, -0.1) is 0 Å². The minimum Gasteiger partial charge on any atom is -0.372 e. The van der Waals surface area contributed by atoms with Crippen molar-refractivity contribution in [2.24, 2.45) is 5.92 Å². The van der Waals surface area contributed by atoms with Gasteiger partial charge in [-0.1, -0.05) is 11.6 Å². The fourth-order valence-corrected chi connectivity index (χ4v) is 2.28. The molecule has 2 rings (SSSR count). The third-order valence-corrected chi connectivity index (χ3v) is 3.66. The molecule has 1 heterocycles. The van der Waals surface area contributed by atoms with Crippen LogP contribution in [0.1, 0.15) is 37.0 Å². The van der Waals surface area contributed by atoms with Crippen LogP contribution in [0.4, 0.5) is 5.82 Å². The monoisotopic (exact) mass is 267 g/mol. The Bertz CT molecular complexity index is 469. The van der Waals surface area contributed by atoms with Crippen molar-refractivity contribution in [2.75, 3.05) is 12.4 Å². The van der Waals surface area contributed by atoms with Crippen LogP contribution in [0.2, 0.25) is 5.02 Å². The topological polar surface area (TPSA) is 54.0 Å². The van der Waals surface area contributed by atoms with Crippen LogP contribution in [0.5, 0.6) is 0 Å². The molecule has 0 atom stereocenters. The zero-order valence-corrected chi connectivity index (χ0v) is 11.6. The summed E-state index contributed by atoms with van der Waals surface area (Å²) in [5, 5.41) is 6.36. The van der Waals surface area contributed by atoms with Gasteiger partial charge in [-0.25, -0.2) is 4.98 Å². The summed E-state index contributed by atoms with van der Waals surface area (Å²) in [4.78, 5) is 16.2. The van der Waals surface area contributed by atoms with E-state index in [2.05, 4.69) is 29.5 Å². The van der Waals surface area contributed by atoms with Gasteiger partial charge in [-0.2, -0.15) is 0 Å². The number of carbonyl (C=O) groups excluding carboxylic acids is 1. The Morgan fingerprint density at radius 3 is 2.67 bits per heavy atom. The first kappa shape index (κ1) is 13.1. The van der Waals surface area contributed by atoms with E-state index < -0.39 is 0 Å². The second kappa shape index (κ2) is 4.76. The van der Waals surface area contributed by atoms with Crippen molar-refractivity contribution in [3.8, 4) is 0 Å². The summed E-state index contributed by atoms with van der Waals surface area (Å²) in [7, 11) is 1.74. The molecule has 1 aliphatic rings. The van der Waals surface area contributed by atoms with Crippen LogP contribution < -0.4 is 10.6 Å². The number of aromatic nitrogens is 1. The predicted molar refractivity (Wildman–Crippen MR) is 73.1 cm³/mol. The molecule has 98 valence electrons. The number of hydrogen-bond acceptors (Lipinski definition) is 3. The molecule has 1 aliphatic carbocycles. The zero-order valence-electron chi connectivity index (χ0n) is 10.9. The lowest BCUT2D eigenvalue weighted by molar-refractivity contribution is 0.0903. The minimum absolute atomic E-state index is 0.121. The van der Waals surface area contributed by atoms with E-state index in [1.54, 1.807) is 13.1 Å². The number of nitrogens with one attached hydrogen (secondary N) is 2. The van der Waals surface area contributed by atoms with E-state index >= 15 is 0 Å². The van der Waals surface area contributed by atoms with Gasteiger partial charge in [0.2, 0.25) is 0 Å². The first-order valence-electron chi connectivity index (χ1n) is 6.10. The molecule has 1 aromatic heterocycles. The number of rotatable bonds is 4. The lowest BCUT2D eigenvalue weighted by atomic mass is 9.98. The van der Waals surface area contributed by atoms with Gasteiger partial charge in [-0.3, -0.25) is 4.79 Å². The Morgan fingerprint density at radius 2 is 2.17 bits per heavy atom. The van der Waals surface area contributed by atoms with Gasteiger partial charge in [0, 0.05) is 18.8 Å².